The van der Waals surface area contributed by atoms with E-state index in [4.69, 9.17) is 21.4 Å². The number of aliphatic hydroxyl groups is 1. The first kappa shape index (κ1) is 17.5. The van der Waals surface area contributed by atoms with Crippen molar-refractivity contribution < 1.29 is 9.84 Å². The Hall–Kier alpha value is -0.480. The lowest BCUT2D eigenvalue weighted by Gasteiger charge is -2.21. The van der Waals surface area contributed by atoms with E-state index >= 15 is 0 Å². The summed E-state index contributed by atoms with van der Waals surface area (Å²) < 4.78 is 5.70. The zero-order valence-electron chi connectivity index (χ0n) is 10.9. The summed E-state index contributed by atoms with van der Waals surface area (Å²) in [7, 11) is 0. The fraction of sp³-hybridized carbons (Fsp3) is 0.538. The zero-order valence-corrected chi connectivity index (χ0v) is 12.5. The highest BCUT2D eigenvalue weighted by molar-refractivity contribution is 6.31. The molecule has 0 aliphatic rings. The molecule has 0 radical (unpaired) electrons. The first-order valence-corrected chi connectivity index (χ1v) is 6.24. The van der Waals surface area contributed by atoms with Crippen molar-refractivity contribution in [3.05, 3.63) is 28.8 Å². The molecule has 0 amide bonds. The van der Waals surface area contributed by atoms with E-state index in [-0.39, 0.29) is 31.3 Å². The fourth-order valence-corrected chi connectivity index (χ4v) is 1.68. The second kappa shape index (κ2) is 8.59. The third kappa shape index (κ3) is 5.44. The molecule has 2 atom stereocenters. The maximum absolute atomic E-state index is 9.09. The third-order valence-corrected chi connectivity index (χ3v) is 3.05. The summed E-state index contributed by atoms with van der Waals surface area (Å²) in [5, 5.41) is 13.0. The second-order valence-corrected chi connectivity index (χ2v) is 4.53. The summed E-state index contributed by atoms with van der Waals surface area (Å²) in [5.74, 6) is 0.777. The number of ether oxygens (including phenoxy) is 1. The maximum atomic E-state index is 9.09. The average molecular weight is 294 g/mol. The van der Waals surface area contributed by atoms with Crippen molar-refractivity contribution in [3.63, 3.8) is 0 Å². The van der Waals surface area contributed by atoms with E-state index in [1.807, 2.05) is 39.0 Å². The Morgan fingerprint density at radius 1 is 1.44 bits per heavy atom. The number of aryl methyl sites for hydroxylation is 1. The summed E-state index contributed by atoms with van der Waals surface area (Å²) in [4.78, 5) is 0. The van der Waals surface area contributed by atoms with E-state index in [9.17, 15) is 0 Å². The Labute approximate surface area is 120 Å². The fourth-order valence-electron chi connectivity index (χ4n) is 1.56. The molecule has 3 nitrogen and oxygen atoms in total. The highest BCUT2D eigenvalue weighted by atomic mass is 35.5. The first-order valence-electron chi connectivity index (χ1n) is 5.86. The molecule has 2 N–H and O–H groups in total. The van der Waals surface area contributed by atoms with Gasteiger partial charge in [-0.1, -0.05) is 18.5 Å². The van der Waals surface area contributed by atoms with Crippen LogP contribution in [0.5, 0.6) is 5.75 Å². The number of halogens is 2. The maximum Gasteiger partial charge on any atom is 0.147 e. The van der Waals surface area contributed by atoms with Gasteiger partial charge in [0.2, 0.25) is 0 Å². The van der Waals surface area contributed by atoms with Crippen molar-refractivity contribution in [3.8, 4) is 5.75 Å². The summed E-state index contributed by atoms with van der Waals surface area (Å²) in [6, 6.07) is 5.63. The second-order valence-electron chi connectivity index (χ2n) is 4.13. The lowest BCUT2D eigenvalue weighted by molar-refractivity contribution is 0.137. The monoisotopic (exact) mass is 293 g/mol. The Morgan fingerprint density at radius 3 is 2.61 bits per heavy atom. The van der Waals surface area contributed by atoms with Gasteiger partial charge in [-0.05, 0) is 44.0 Å². The van der Waals surface area contributed by atoms with Crippen molar-refractivity contribution in [1.29, 1.82) is 0 Å². The molecule has 0 aromatic heterocycles. The number of nitrogens with one attached hydrogen (secondary N) is 1. The average Bonchev–Trinajstić information content (AvgIpc) is 2.31. The smallest absolute Gasteiger partial charge is 0.147 e. The predicted molar refractivity (Wildman–Crippen MR) is 77.8 cm³/mol. The minimum Gasteiger partial charge on any atom is -0.476 e. The molecule has 1 aromatic rings. The van der Waals surface area contributed by atoms with Crippen LogP contribution in [0.2, 0.25) is 5.02 Å². The molecule has 0 saturated carbocycles. The lowest BCUT2D eigenvalue weighted by Crippen LogP contribution is -2.41. The molecule has 5 heteroatoms. The molecule has 1 rings (SSSR count). The van der Waals surface area contributed by atoms with Crippen LogP contribution in [0.4, 0.5) is 0 Å². The Bertz CT molecular complexity index is 357. The van der Waals surface area contributed by atoms with Crippen LogP contribution in [0.25, 0.3) is 0 Å². The lowest BCUT2D eigenvalue weighted by atomic mass is 10.2. The SMILES string of the molecule is CC[C@H](CO)NC(C)Oc1ccc(Cl)c(C)c1.Cl. The molecule has 0 saturated heterocycles. The number of hydrogen-bond donors (Lipinski definition) is 2. The molecule has 1 unspecified atom stereocenters. The minimum atomic E-state index is -0.146. The van der Waals surface area contributed by atoms with Crippen LogP contribution in [0.1, 0.15) is 25.8 Å². The van der Waals surface area contributed by atoms with E-state index in [1.165, 1.54) is 0 Å². The van der Waals surface area contributed by atoms with Crippen molar-refractivity contribution >= 4 is 24.0 Å². The van der Waals surface area contributed by atoms with Crippen LogP contribution in [-0.2, 0) is 0 Å². The van der Waals surface area contributed by atoms with Crippen LogP contribution in [0.3, 0.4) is 0 Å². The van der Waals surface area contributed by atoms with Gasteiger partial charge < -0.3 is 9.84 Å². The predicted octanol–water partition coefficient (Wildman–Crippen LogP) is 3.16. The van der Waals surface area contributed by atoms with Gasteiger partial charge >= 0.3 is 0 Å². The van der Waals surface area contributed by atoms with E-state index in [1.54, 1.807) is 0 Å². The number of hydrogen-bond acceptors (Lipinski definition) is 3. The van der Waals surface area contributed by atoms with Gasteiger partial charge in [0, 0.05) is 11.1 Å². The standard InChI is InChI=1S/C13H20ClNO2.ClH/c1-4-11(8-16)15-10(3)17-12-5-6-13(14)9(2)7-12;/h5-7,10-11,15-16H,4,8H2,1-3H3;1H/t10?,11-;/m1./s1. The van der Waals surface area contributed by atoms with E-state index in [0.29, 0.717) is 0 Å². The van der Waals surface area contributed by atoms with Crippen molar-refractivity contribution in [1.82, 2.24) is 5.32 Å². The van der Waals surface area contributed by atoms with E-state index in [0.717, 1.165) is 22.8 Å². The molecule has 1 aromatic carbocycles. The van der Waals surface area contributed by atoms with Crippen LogP contribution in [-0.4, -0.2) is 24.0 Å². The number of benzene rings is 1. The van der Waals surface area contributed by atoms with Crippen LogP contribution < -0.4 is 10.1 Å². The summed E-state index contributed by atoms with van der Waals surface area (Å²) in [5.41, 5.74) is 0.991. The Kier molecular flexibility index (Phi) is 8.36. The molecule has 18 heavy (non-hydrogen) atoms. The largest absolute Gasteiger partial charge is 0.476 e. The highest BCUT2D eigenvalue weighted by Crippen LogP contribution is 2.21. The molecule has 0 heterocycles. The van der Waals surface area contributed by atoms with Crippen molar-refractivity contribution in [2.45, 2.75) is 39.5 Å². The highest BCUT2D eigenvalue weighted by Gasteiger charge is 2.10. The van der Waals surface area contributed by atoms with Crippen LogP contribution in [0, 0.1) is 6.92 Å². The molecule has 0 spiro atoms. The third-order valence-electron chi connectivity index (χ3n) is 2.63. The van der Waals surface area contributed by atoms with Gasteiger partial charge in [0.15, 0.2) is 0 Å². The molecular weight excluding hydrogens is 273 g/mol. The Morgan fingerprint density at radius 2 is 2.11 bits per heavy atom. The number of rotatable bonds is 6. The van der Waals surface area contributed by atoms with Gasteiger partial charge in [-0.15, -0.1) is 12.4 Å². The Balaban J connectivity index is 0.00000289. The van der Waals surface area contributed by atoms with E-state index < -0.39 is 0 Å². The molecule has 0 aliphatic heterocycles. The van der Waals surface area contributed by atoms with Gasteiger partial charge in [0.25, 0.3) is 0 Å². The summed E-state index contributed by atoms with van der Waals surface area (Å²) in [6.45, 7) is 6.00. The van der Waals surface area contributed by atoms with Gasteiger partial charge in [-0.3, -0.25) is 5.32 Å². The summed E-state index contributed by atoms with van der Waals surface area (Å²) in [6.07, 6.45) is 0.719. The molecule has 0 aliphatic carbocycles. The summed E-state index contributed by atoms with van der Waals surface area (Å²) >= 11 is 5.94. The van der Waals surface area contributed by atoms with Gasteiger partial charge in [-0.2, -0.15) is 0 Å². The van der Waals surface area contributed by atoms with Crippen molar-refractivity contribution in [2.24, 2.45) is 0 Å². The minimum absolute atomic E-state index is 0. The topological polar surface area (TPSA) is 41.5 Å². The molecule has 0 bridgehead atoms. The van der Waals surface area contributed by atoms with Crippen LogP contribution in [0.15, 0.2) is 18.2 Å². The van der Waals surface area contributed by atoms with Crippen LogP contribution >= 0.6 is 24.0 Å². The van der Waals surface area contributed by atoms with Crippen molar-refractivity contribution in [2.75, 3.05) is 6.61 Å². The molecule has 0 fully saturated rings. The normalized spacial score (nSPS) is 13.6. The quantitative estimate of drug-likeness (QED) is 0.792. The van der Waals surface area contributed by atoms with Gasteiger partial charge in [0.05, 0.1) is 6.61 Å². The number of aliphatic hydroxyl groups excluding tert-OH is 1. The molecular formula is C13H21Cl2NO2. The zero-order chi connectivity index (χ0) is 12.8. The van der Waals surface area contributed by atoms with E-state index in [2.05, 4.69) is 5.32 Å². The first-order chi connectivity index (χ1) is 8.06. The molecule has 104 valence electrons. The van der Waals surface area contributed by atoms with Gasteiger partial charge in [-0.25, -0.2) is 0 Å². The van der Waals surface area contributed by atoms with Gasteiger partial charge in [0.1, 0.15) is 12.0 Å².